The zero-order valence-electron chi connectivity index (χ0n) is 10.8. The molecule has 6 nitrogen and oxygen atoms in total. The lowest BCUT2D eigenvalue weighted by Crippen LogP contribution is -2.44. The molecule has 1 aromatic rings. The second-order valence-electron chi connectivity index (χ2n) is 4.40. The van der Waals surface area contributed by atoms with Gasteiger partial charge in [0.25, 0.3) is 0 Å². The first-order chi connectivity index (χ1) is 9.52. The molecule has 0 aromatic heterocycles. The van der Waals surface area contributed by atoms with E-state index in [1.165, 1.54) is 16.7 Å². The fraction of sp³-hybridized carbons (Fsp3) is 0.308. The van der Waals surface area contributed by atoms with E-state index in [1.807, 2.05) is 13.0 Å². The van der Waals surface area contributed by atoms with E-state index in [0.29, 0.717) is 22.9 Å². The Hall–Kier alpha value is -2.20. The van der Waals surface area contributed by atoms with Crippen molar-refractivity contribution in [1.82, 2.24) is 4.90 Å². The lowest BCUT2D eigenvalue weighted by Gasteiger charge is -2.21. The minimum Gasteiger partial charge on any atom is -0.480 e. The molecule has 0 aliphatic carbocycles. The number of carboxylic acid groups (broad SMARTS) is 1. The first-order valence-corrected chi connectivity index (χ1v) is 7.07. The quantitative estimate of drug-likeness (QED) is 0.867. The molecular formula is C13H13N3O3S. The van der Waals surface area contributed by atoms with Crippen LogP contribution in [0.2, 0.25) is 0 Å². The van der Waals surface area contributed by atoms with Gasteiger partial charge < -0.3 is 15.3 Å². The van der Waals surface area contributed by atoms with Gasteiger partial charge in [-0.05, 0) is 24.6 Å². The number of benzene rings is 1. The number of hydrogen-bond donors (Lipinski definition) is 2. The Labute approximate surface area is 120 Å². The van der Waals surface area contributed by atoms with Crippen LogP contribution >= 0.6 is 11.8 Å². The van der Waals surface area contributed by atoms with Crippen LogP contribution < -0.4 is 5.32 Å². The highest BCUT2D eigenvalue weighted by atomic mass is 32.2. The van der Waals surface area contributed by atoms with Crippen molar-refractivity contribution in [2.24, 2.45) is 0 Å². The number of nitrogens with one attached hydrogen (secondary N) is 1. The van der Waals surface area contributed by atoms with Gasteiger partial charge in [-0.25, -0.2) is 9.59 Å². The molecule has 20 heavy (non-hydrogen) atoms. The van der Waals surface area contributed by atoms with Crippen molar-refractivity contribution in [3.05, 3.63) is 29.3 Å². The van der Waals surface area contributed by atoms with Crippen LogP contribution in [0.1, 0.15) is 11.1 Å². The van der Waals surface area contributed by atoms with Crippen LogP contribution in [0.5, 0.6) is 0 Å². The number of anilines is 1. The molecule has 1 aromatic carbocycles. The predicted molar refractivity (Wildman–Crippen MR) is 75.5 cm³/mol. The van der Waals surface area contributed by atoms with Gasteiger partial charge in [0, 0.05) is 11.4 Å². The maximum Gasteiger partial charge on any atom is 0.327 e. The van der Waals surface area contributed by atoms with Crippen molar-refractivity contribution in [2.75, 3.05) is 16.9 Å². The summed E-state index contributed by atoms with van der Waals surface area (Å²) in [7, 11) is 0. The first-order valence-electron chi connectivity index (χ1n) is 5.92. The molecule has 2 rings (SSSR count). The highest BCUT2D eigenvalue weighted by Crippen LogP contribution is 2.23. The van der Waals surface area contributed by atoms with E-state index < -0.39 is 18.0 Å². The molecule has 1 unspecified atom stereocenters. The largest absolute Gasteiger partial charge is 0.480 e. The number of urea groups is 1. The number of rotatable bonds is 2. The van der Waals surface area contributed by atoms with Gasteiger partial charge >= 0.3 is 12.0 Å². The summed E-state index contributed by atoms with van der Waals surface area (Å²) in [6.45, 7) is 1.81. The average Bonchev–Trinajstić information content (AvgIpc) is 2.90. The third-order valence-corrected chi connectivity index (χ3v) is 4.05. The number of carboxylic acids is 1. The summed E-state index contributed by atoms with van der Waals surface area (Å²) in [5.41, 5.74) is 1.78. The lowest BCUT2D eigenvalue weighted by molar-refractivity contribution is -0.140. The molecule has 0 spiro atoms. The molecule has 1 atom stereocenters. The van der Waals surface area contributed by atoms with E-state index in [0.717, 1.165) is 5.56 Å². The number of carbonyl (C=O) groups excluding carboxylic acids is 1. The number of nitriles is 1. The SMILES string of the molecule is Cc1ccc(C#N)cc1NC(=O)N1CSCC1C(=O)O. The third-order valence-electron chi connectivity index (χ3n) is 3.04. The van der Waals surface area contributed by atoms with E-state index >= 15 is 0 Å². The monoisotopic (exact) mass is 291 g/mol. The molecular weight excluding hydrogens is 278 g/mol. The molecule has 7 heteroatoms. The van der Waals surface area contributed by atoms with Crippen molar-refractivity contribution in [3.8, 4) is 6.07 Å². The van der Waals surface area contributed by atoms with Gasteiger partial charge in [-0.2, -0.15) is 5.26 Å². The lowest BCUT2D eigenvalue weighted by atomic mass is 10.1. The fourth-order valence-corrected chi connectivity index (χ4v) is 3.01. The maximum absolute atomic E-state index is 12.1. The number of nitrogens with zero attached hydrogens (tertiary/aromatic N) is 2. The summed E-state index contributed by atoms with van der Waals surface area (Å²) >= 11 is 1.40. The van der Waals surface area contributed by atoms with E-state index in [2.05, 4.69) is 5.32 Å². The highest BCUT2D eigenvalue weighted by molar-refractivity contribution is 7.99. The molecule has 2 amide bonds. The number of aryl methyl sites for hydroxylation is 1. The van der Waals surface area contributed by atoms with Crippen molar-refractivity contribution < 1.29 is 14.7 Å². The molecule has 1 heterocycles. The molecule has 1 fully saturated rings. The molecule has 1 aliphatic heterocycles. The van der Waals surface area contributed by atoms with Crippen molar-refractivity contribution >= 4 is 29.4 Å². The van der Waals surface area contributed by atoms with E-state index in [9.17, 15) is 9.59 Å². The Morgan fingerprint density at radius 1 is 1.55 bits per heavy atom. The summed E-state index contributed by atoms with van der Waals surface area (Å²) in [5, 5.41) is 20.6. The Kier molecular flexibility index (Phi) is 4.15. The molecule has 1 saturated heterocycles. The molecule has 0 radical (unpaired) electrons. The summed E-state index contributed by atoms with van der Waals surface area (Å²) in [4.78, 5) is 24.5. The average molecular weight is 291 g/mol. The Morgan fingerprint density at radius 3 is 2.95 bits per heavy atom. The van der Waals surface area contributed by atoms with Crippen LogP contribution in [-0.4, -0.2) is 39.7 Å². The summed E-state index contributed by atoms with van der Waals surface area (Å²) in [5.74, 6) is -0.271. The van der Waals surface area contributed by atoms with Gasteiger partial charge in [-0.1, -0.05) is 6.07 Å². The van der Waals surface area contributed by atoms with Gasteiger partial charge in [0.05, 0.1) is 17.5 Å². The van der Waals surface area contributed by atoms with Crippen molar-refractivity contribution in [1.29, 1.82) is 5.26 Å². The van der Waals surface area contributed by atoms with Gasteiger partial charge in [0.15, 0.2) is 0 Å². The van der Waals surface area contributed by atoms with Gasteiger partial charge in [0.1, 0.15) is 6.04 Å². The summed E-state index contributed by atoms with van der Waals surface area (Å²) < 4.78 is 0. The Balaban J connectivity index is 2.16. The van der Waals surface area contributed by atoms with E-state index in [-0.39, 0.29) is 0 Å². The van der Waals surface area contributed by atoms with Crippen LogP contribution in [0.15, 0.2) is 18.2 Å². The molecule has 0 saturated carbocycles. The van der Waals surface area contributed by atoms with E-state index in [4.69, 9.17) is 10.4 Å². The van der Waals surface area contributed by atoms with Crippen LogP contribution in [0.4, 0.5) is 10.5 Å². The van der Waals surface area contributed by atoms with Crippen molar-refractivity contribution in [3.63, 3.8) is 0 Å². The van der Waals surface area contributed by atoms with Crippen LogP contribution in [0.25, 0.3) is 0 Å². The van der Waals surface area contributed by atoms with Gasteiger partial charge in [0.2, 0.25) is 0 Å². The number of thioether (sulfide) groups is 1. The summed E-state index contributed by atoms with van der Waals surface area (Å²) in [6, 6.07) is 5.71. The number of aliphatic carboxylic acids is 1. The normalized spacial score (nSPS) is 17.6. The van der Waals surface area contributed by atoms with E-state index in [1.54, 1.807) is 18.2 Å². The van der Waals surface area contributed by atoms with Gasteiger partial charge in [-0.15, -0.1) is 11.8 Å². The first kappa shape index (κ1) is 14.2. The minimum atomic E-state index is -1.01. The fourth-order valence-electron chi connectivity index (χ4n) is 1.86. The zero-order valence-corrected chi connectivity index (χ0v) is 11.6. The number of hydrogen-bond acceptors (Lipinski definition) is 4. The Morgan fingerprint density at radius 2 is 2.30 bits per heavy atom. The highest BCUT2D eigenvalue weighted by Gasteiger charge is 2.34. The smallest absolute Gasteiger partial charge is 0.327 e. The second-order valence-corrected chi connectivity index (χ2v) is 5.40. The molecule has 1 aliphatic rings. The minimum absolute atomic E-state index is 0.347. The second kappa shape index (κ2) is 5.84. The summed E-state index contributed by atoms with van der Waals surface area (Å²) in [6.07, 6.45) is 0. The van der Waals surface area contributed by atoms with Crippen molar-refractivity contribution in [2.45, 2.75) is 13.0 Å². The molecule has 0 bridgehead atoms. The maximum atomic E-state index is 12.1. The van der Waals surface area contributed by atoms with Crippen LogP contribution in [0.3, 0.4) is 0 Å². The molecule has 2 N–H and O–H groups in total. The topological polar surface area (TPSA) is 93.4 Å². The standard InChI is InChI=1S/C13H13N3O3S/c1-8-2-3-9(5-14)4-10(8)15-13(19)16-7-20-6-11(16)12(17)18/h2-4,11H,6-7H2,1H3,(H,15,19)(H,17,18). The van der Waals surface area contributed by atoms with Crippen LogP contribution in [0, 0.1) is 18.3 Å². The van der Waals surface area contributed by atoms with Gasteiger partial charge in [-0.3, -0.25) is 0 Å². The van der Waals surface area contributed by atoms with Crippen LogP contribution in [-0.2, 0) is 4.79 Å². The number of amides is 2. The zero-order chi connectivity index (χ0) is 14.7. The third kappa shape index (κ3) is 2.86. The number of carbonyl (C=O) groups is 2. The molecule has 104 valence electrons. The predicted octanol–water partition coefficient (Wildman–Crippen LogP) is 1.86. The Bertz CT molecular complexity index is 597.